The molecular weight excluding hydrogens is 421 g/mol. The molecule has 0 spiro atoms. The molecule has 0 aliphatic carbocycles. The van der Waals surface area contributed by atoms with Gasteiger partial charge in [0.15, 0.2) is 28.8 Å². The highest BCUT2D eigenvalue weighted by atomic mass is 19.1. The van der Waals surface area contributed by atoms with E-state index in [0.29, 0.717) is 24.3 Å². The summed E-state index contributed by atoms with van der Waals surface area (Å²) in [4.78, 5) is 0. The summed E-state index contributed by atoms with van der Waals surface area (Å²) in [5.74, 6) is 1.71. The van der Waals surface area contributed by atoms with Gasteiger partial charge in [-0.2, -0.15) is 0 Å². The minimum absolute atomic E-state index is 0.148. The van der Waals surface area contributed by atoms with Crippen LogP contribution in [0.25, 0.3) is 6.08 Å². The lowest BCUT2D eigenvalue weighted by Crippen LogP contribution is -2.29. The molecule has 0 radical (unpaired) electrons. The van der Waals surface area contributed by atoms with Crippen LogP contribution in [0.15, 0.2) is 54.6 Å². The summed E-state index contributed by atoms with van der Waals surface area (Å²) in [6.45, 7) is 3.22. The van der Waals surface area contributed by atoms with E-state index in [0.717, 1.165) is 33.8 Å². The third-order valence-corrected chi connectivity index (χ3v) is 6.07. The van der Waals surface area contributed by atoms with Crippen LogP contribution in [0.2, 0.25) is 0 Å². The van der Waals surface area contributed by atoms with E-state index in [1.807, 2.05) is 67.6 Å². The molecule has 2 aliphatic heterocycles. The lowest BCUT2D eigenvalue weighted by molar-refractivity contribution is 0.174. The van der Waals surface area contributed by atoms with E-state index in [-0.39, 0.29) is 31.0 Å². The number of nitrogens with one attached hydrogen (secondary N) is 1. The standard InChI is InChI=1S/C27H26FNO4/c1-17-12-23-24(33-16-32-23)13-19(17)8-9-22-21-14-25(30-2)27(26(28)20(21)10-11-29-22)31-15-18-6-4-3-5-7-18/h3-9,12-14,22,29H,10-11,15-16H2,1-2H3/b9-8+. The first-order valence-electron chi connectivity index (χ1n) is 11.0. The van der Waals surface area contributed by atoms with Gasteiger partial charge in [0, 0.05) is 6.54 Å². The molecule has 1 N–H and O–H groups in total. The van der Waals surface area contributed by atoms with Gasteiger partial charge in [-0.15, -0.1) is 0 Å². The number of aryl methyl sites for hydroxylation is 1. The first-order chi connectivity index (χ1) is 16.1. The second-order valence-corrected chi connectivity index (χ2v) is 8.17. The van der Waals surface area contributed by atoms with Crippen LogP contribution in [-0.2, 0) is 13.0 Å². The number of benzene rings is 3. The zero-order valence-electron chi connectivity index (χ0n) is 18.7. The highest BCUT2D eigenvalue weighted by molar-refractivity contribution is 5.62. The molecule has 2 aliphatic rings. The van der Waals surface area contributed by atoms with Gasteiger partial charge in [0.2, 0.25) is 6.79 Å². The van der Waals surface area contributed by atoms with Crippen molar-refractivity contribution in [3.8, 4) is 23.0 Å². The minimum atomic E-state index is -0.348. The third kappa shape index (κ3) is 4.26. The van der Waals surface area contributed by atoms with E-state index >= 15 is 4.39 Å². The number of rotatable bonds is 6. The third-order valence-electron chi connectivity index (χ3n) is 6.07. The number of halogens is 1. The molecule has 0 fully saturated rings. The maximum atomic E-state index is 15.6. The fraction of sp³-hybridized carbons (Fsp3) is 0.259. The van der Waals surface area contributed by atoms with Gasteiger partial charge in [0.05, 0.1) is 13.2 Å². The molecule has 3 aromatic carbocycles. The second-order valence-electron chi connectivity index (χ2n) is 8.17. The molecule has 0 saturated heterocycles. The Kier molecular flexibility index (Phi) is 5.92. The van der Waals surface area contributed by atoms with Gasteiger partial charge in [-0.05, 0) is 59.4 Å². The maximum Gasteiger partial charge on any atom is 0.231 e. The molecule has 0 aromatic heterocycles. The zero-order valence-corrected chi connectivity index (χ0v) is 18.7. The molecule has 1 atom stereocenters. The second kappa shape index (κ2) is 9.16. The maximum absolute atomic E-state index is 15.6. The molecule has 0 amide bonds. The van der Waals surface area contributed by atoms with Gasteiger partial charge < -0.3 is 24.3 Å². The smallest absolute Gasteiger partial charge is 0.231 e. The predicted octanol–water partition coefficient (Wildman–Crippen LogP) is 5.35. The van der Waals surface area contributed by atoms with E-state index < -0.39 is 0 Å². The van der Waals surface area contributed by atoms with Crippen LogP contribution in [0.4, 0.5) is 4.39 Å². The van der Waals surface area contributed by atoms with Crippen LogP contribution in [-0.4, -0.2) is 20.4 Å². The van der Waals surface area contributed by atoms with Crippen molar-refractivity contribution in [2.45, 2.75) is 26.0 Å². The van der Waals surface area contributed by atoms with Crippen molar-refractivity contribution >= 4 is 6.08 Å². The molecule has 5 nitrogen and oxygen atoms in total. The summed E-state index contributed by atoms with van der Waals surface area (Å²) in [5, 5.41) is 3.47. The van der Waals surface area contributed by atoms with Crippen LogP contribution in [0.5, 0.6) is 23.0 Å². The molecule has 33 heavy (non-hydrogen) atoms. The normalized spacial score (nSPS) is 16.6. The first kappa shape index (κ1) is 21.3. The van der Waals surface area contributed by atoms with Crippen LogP contribution < -0.4 is 24.3 Å². The quantitative estimate of drug-likeness (QED) is 0.552. The van der Waals surface area contributed by atoms with Crippen LogP contribution in [0.1, 0.15) is 33.9 Å². The molecule has 2 heterocycles. The number of hydrogen-bond acceptors (Lipinski definition) is 5. The fourth-order valence-electron chi connectivity index (χ4n) is 4.29. The van der Waals surface area contributed by atoms with Crippen molar-refractivity contribution in [3.63, 3.8) is 0 Å². The molecule has 3 aromatic rings. The van der Waals surface area contributed by atoms with E-state index in [4.69, 9.17) is 18.9 Å². The summed E-state index contributed by atoms with van der Waals surface area (Å²) in [6, 6.07) is 15.4. The number of ether oxygens (including phenoxy) is 4. The van der Waals surface area contributed by atoms with Crippen molar-refractivity contribution in [2.75, 3.05) is 20.4 Å². The molecule has 0 saturated carbocycles. The average molecular weight is 448 g/mol. The van der Waals surface area contributed by atoms with E-state index in [1.54, 1.807) is 0 Å². The van der Waals surface area contributed by atoms with Crippen LogP contribution >= 0.6 is 0 Å². The molecule has 1 unspecified atom stereocenters. The van der Waals surface area contributed by atoms with Crippen LogP contribution in [0, 0.1) is 12.7 Å². The Bertz CT molecular complexity index is 1190. The van der Waals surface area contributed by atoms with E-state index in [2.05, 4.69) is 5.32 Å². The molecular formula is C27H26FNO4. The topological polar surface area (TPSA) is 49.0 Å². The summed E-state index contributed by atoms with van der Waals surface area (Å²) in [7, 11) is 1.54. The van der Waals surface area contributed by atoms with Crippen molar-refractivity contribution in [3.05, 3.63) is 88.2 Å². The Morgan fingerprint density at radius 1 is 1.12 bits per heavy atom. The largest absolute Gasteiger partial charge is 0.493 e. The summed E-state index contributed by atoms with van der Waals surface area (Å²) in [6.07, 6.45) is 4.67. The Morgan fingerprint density at radius 2 is 1.91 bits per heavy atom. The Balaban J connectivity index is 1.43. The fourth-order valence-corrected chi connectivity index (χ4v) is 4.29. The summed E-state index contributed by atoms with van der Waals surface area (Å²) >= 11 is 0. The van der Waals surface area contributed by atoms with E-state index in [9.17, 15) is 0 Å². The van der Waals surface area contributed by atoms with Gasteiger partial charge in [-0.25, -0.2) is 4.39 Å². The number of methoxy groups -OCH3 is 1. The lowest BCUT2D eigenvalue weighted by atomic mass is 9.92. The van der Waals surface area contributed by atoms with Gasteiger partial charge in [0.1, 0.15) is 6.61 Å². The molecule has 5 rings (SSSR count). The van der Waals surface area contributed by atoms with Crippen molar-refractivity contribution in [1.82, 2.24) is 5.32 Å². The number of fused-ring (bicyclic) bond motifs is 2. The zero-order chi connectivity index (χ0) is 22.8. The van der Waals surface area contributed by atoms with Gasteiger partial charge in [-0.1, -0.05) is 42.5 Å². The molecule has 6 heteroatoms. The van der Waals surface area contributed by atoms with Crippen molar-refractivity contribution in [2.24, 2.45) is 0 Å². The van der Waals surface area contributed by atoms with Crippen molar-refractivity contribution < 1.29 is 23.3 Å². The highest BCUT2D eigenvalue weighted by Gasteiger charge is 2.27. The van der Waals surface area contributed by atoms with Crippen LogP contribution in [0.3, 0.4) is 0 Å². The van der Waals surface area contributed by atoms with Crippen molar-refractivity contribution in [1.29, 1.82) is 0 Å². The molecule has 170 valence electrons. The summed E-state index contributed by atoms with van der Waals surface area (Å²) < 4.78 is 37.9. The number of hydrogen-bond donors (Lipinski definition) is 1. The van der Waals surface area contributed by atoms with E-state index in [1.165, 1.54) is 7.11 Å². The molecule has 0 bridgehead atoms. The first-order valence-corrected chi connectivity index (χ1v) is 11.0. The SMILES string of the molecule is COc1cc2c(c(F)c1OCc1ccccc1)CCNC2/C=C/c1cc2c(cc1C)OCO2. The van der Waals surface area contributed by atoms with Gasteiger partial charge in [-0.3, -0.25) is 0 Å². The Labute approximate surface area is 192 Å². The highest BCUT2D eigenvalue weighted by Crippen LogP contribution is 2.40. The van der Waals surface area contributed by atoms with Gasteiger partial charge >= 0.3 is 0 Å². The Hall–Kier alpha value is -3.51. The summed E-state index contributed by atoms with van der Waals surface area (Å²) in [5.41, 5.74) is 4.61. The monoisotopic (exact) mass is 447 g/mol. The average Bonchev–Trinajstić information content (AvgIpc) is 3.29. The lowest BCUT2D eigenvalue weighted by Gasteiger charge is -2.27. The van der Waals surface area contributed by atoms with Gasteiger partial charge in [0.25, 0.3) is 0 Å². The minimum Gasteiger partial charge on any atom is -0.493 e. The Morgan fingerprint density at radius 3 is 2.70 bits per heavy atom. The predicted molar refractivity (Wildman–Crippen MR) is 125 cm³/mol.